The maximum absolute atomic E-state index is 8.78. The molecule has 2 rings (SSSR count). The van der Waals surface area contributed by atoms with Gasteiger partial charge in [0.25, 0.3) is 0 Å². The third kappa shape index (κ3) is 3.10. The van der Waals surface area contributed by atoms with Crippen LogP contribution in [0.5, 0.6) is 0 Å². The van der Waals surface area contributed by atoms with Crippen molar-refractivity contribution in [1.82, 2.24) is 4.98 Å². The summed E-state index contributed by atoms with van der Waals surface area (Å²) in [6, 6.07) is 2.19. The quantitative estimate of drug-likeness (QED) is 0.364. The lowest BCUT2D eigenvalue weighted by Crippen LogP contribution is -2.28. The van der Waals surface area contributed by atoms with Gasteiger partial charge in [-0.15, -0.1) is 0 Å². The molecule has 1 saturated carbocycles. The van der Waals surface area contributed by atoms with Crippen molar-refractivity contribution in [3.63, 3.8) is 0 Å². The van der Waals surface area contributed by atoms with Crippen LogP contribution in [0.25, 0.3) is 0 Å². The summed E-state index contributed by atoms with van der Waals surface area (Å²) in [4.78, 5) is 6.61. The van der Waals surface area contributed by atoms with E-state index in [9.17, 15) is 0 Å². The van der Waals surface area contributed by atoms with E-state index in [4.69, 9.17) is 22.5 Å². The number of unbranched alkanes of at least 4 members (excludes halogenated alkanes) is 1. The van der Waals surface area contributed by atoms with E-state index in [2.05, 4.69) is 22.0 Å². The number of nitrogens with two attached hydrogens (primary N) is 1. The molecular weight excluding hydrogens is 264 g/mol. The fourth-order valence-corrected chi connectivity index (χ4v) is 2.38. The number of amidine groups is 1. The number of aromatic nitrogens is 1. The SMILES string of the molecule is CCCCN(c1nccc(/C(N)=N/O)c1Cl)C1CC1. The first kappa shape index (κ1) is 13.9. The van der Waals surface area contributed by atoms with Crippen LogP contribution in [0.3, 0.4) is 0 Å². The van der Waals surface area contributed by atoms with Crippen LogP contribution in [0.4, 0.5) is 5.82 Å². The molecule has 0 amide bonds. The van der Waals surface area contributed by atoms with E-state index in [1.54, 1.807) is 12.3 Å². The minimum atomic E-state index is 0.0138. The predicted octanol–water partition coefficient (Wildman–Crippen LogP) is 2.60. The van der Waals surface area contributed by atoms with E-state index in [1.807, 2.05) is 0 Å². The third-order valence-corrected chi connectivity index (χ3v) is 3.64. The summed E-state index contributed by atoms with van der Waals surface area (Å²) < 4.78 is 0. The molecule has 3 N–H and O–H groups in total. The zero-order valence-electron chi connectivity index (χ0n) is 11.0. The Morgan fingerprint density at radius 1 is 1.63 bits per heavy atom. The van der Waals surface area contributed by atoms with Crippen molar-refractivity contribution in [2.45, 2.75) is 38.6 Å². The largest absolute Gasteiger partial charge is 0.409 e. The molecule has 0 bridgehead atoms. The van der Waals surface area contributed by atoms with Crippen LogP contribution in [0.2, 0.25) is 5.02 Å². The molecule has 1 aliphatic carbocycles. The highest BCUT2D eigenvalue weighted by atomic mass is 35.5. The molecule has 0 aliphatic heterocycles. The Balaban J connectivity index is 2.31. The molecule has 1 aromatic heterocycles. The zero-order valence-corrected chi connectivity index (χ0v) is 11.8. The Hall–Kier alpha value is -1.49. The molecule has 1 fully saturated rings. The smallest absolute Gasteiger partial charge is 0.171 e. The third-order valence-electron chi connectivity index (χ3n) is 3.27. The van der Waals surface area contributed by atoms with Gasteiger partial charge >= 0.3 is 0 Å². The Labute approximate surface area is 118 Å². The second-order valence-corrected chi connectivity index (χ2v) is 5.14. The number of halogens is 1. The van der Waals surface area contributed by atoms with E-state index >= 15 is 0 Å². The molecule has 0 saturated heterocycles. The lowest BCUT2D eigenvalue weighted by atomic mass is 10.2. The van der Waals surface area contributed by atoms with Crippen molar-refractivity contribution in [2.75, 3.05) is 11.4 Å². The average Bonchev–Trinajstić information content (AvgIpc) is 3.24. The number of hydrogen-bond acceptors (Lipinski definition) is 4. The number of pyridine rings is 1. The maximum atomic E-state index is 8.78. The molecule has 0 radical (unpaired) electrons. The van der Waals surface area contributed by atoms with E-state index in [1.165, 1.54) is 12.8 Å². The monoisotopic (exact) mass is 282 g/mol. The predicted molar refractivity (Wildman–Crippen MR) is 77.0 cm³/mol. The van der Waals surface area contributed by atoms with Crippen molar-refractivity contribution < 1.29 is 5.21 Å². The summed E-state index contributed by atoms with van der Waals surface area (Å²) in [6.45, 7) is 3.10. The maximum Gasteiger partial charge on any atom is 0.171 e. The van der Waals surface area contributed by atoms with Gasteiger partial charge in [0.1, 0.15) is 5.82 Å². The fraction of sp³-hybridized carbons (Fsp3) is 0.538. The number of anilines is 1. The van der Waals surface area contributed by atoms with E-state index in [-0.39, 0.29) is 5.84 Å². The van der Waals surface area contributed by atoms with Crippen LogP contribution in [-0.2, 0) is 0 Å². The van der Waals surface area contributed by atoms with Crippen LogP contribution < -0.4 is 10.6 Å². The first-order valence-corrected chi connectivity index (χ1v) is 6.95. The summed E-state index contributed by atoms with van der Waals surface area (Å²) in [5, 5.41) is 12.2. The van der Waals surface area contributed by atoms with Crippen molar-refractivity contribution >= 4 is 23.3 Å². The van der Waals surface area contributed by atoms with Crippen LogP contribution in [0, 0.1) is 0 Å². The van der Waals surface area contributed by atoms with Crippen molar-refractivity contribution in [3.8, 4) is 0 Å². The Morgan fingerprint density at radius 2 is 2.37 bits per heavy atom. The average molecular weight is 283 g/mol. The second-order valence-electron chi connectivity index (χ2n) is 4.76. The molecular formula is C13H19ClN4O. The van der Waals surface area contributed by atoms with Gasteiger partial charge in [0, 0.05) is 24.3 Å². The summed E-state index contributed by atoms with van der Waals surface area (Å²) >= 11 is 6.35. The van der Waals surface area contributed by atoms with Crippen LogP contribution >= 0.6 is 11.6 Å². The Kier molecular flexibility index (Phi) is 4.47. The highest BCUT2D eigenvalue weighted by Crippen LogP contribution is 2.35. The van der Waals surface area contributed by atoms with Gasteiger partial charge in [-0.25, -0.2) is 4.98 Å². The van der Waals surface area contributed by atoms with Crippen LogP contribution in [0.15, 0.2) is 17.4 Å². The summed E-state index contributed by atoms with van der Waals surface area (Å²) in [5.74, 6) is 0.751. The highest BCUT2D eigenvalue weighted by molar-refractivity contribution is 6.36. The summed E-state index contributed by atoms with van der Waals surface area (Å²) in [5.41, 5.74) is 6.15. The molecule has 0 aromatic carbocycles. The lowest BCUT2D eigenvalue weighted by molar-refractivity contribution is 0.318. The van der Waals surface area contributed by atoms with E-state index in [0.29, 0.717) is 16.6 Å². The normalized spacial score (nSPS) is 15.6. The molecule has 0 unspecified atom stereocenters. The Bertz CT molecular complexity index is 474. The van der Waals surface area contributed by atoms with Gasteiger partial charge in [0.15, 0.2) is 5.84 Å². The molecule has 6 heteroatoms. The second kappa shape index (κ2) is 6.10. The summed E-state index contributed by atoms with van der Waals surface area (Å²) in [7, 11) is 0. The molecule has 1 heterocycles. The minimum Gasteiger partial charge on any atom is -0.409 e. The van der Waals surface area contributed by atoms with Crippen molar-refractivity contribution in [1.29, 1.82) is 0 Å². The Morgan fingerprint density at radius 3 is 2.95 bits per heavy atom. The molecule has 1 aromatic rings. The fourth-order valence-electron chi connectivity index (χ4n) is 2.06. The highest BCUT2D eigenvalue weighted by Gasteiger charge is 2.31. The zero-order chi connectivity index (χ0) is 13.8. The topological polar surface area (TPSA) is 74.7 Å². The van der Waals surface area contributed by atoms with Gasteiger partial charge in [-0.2, -0.15) is 0 Å². The van der Waals surface area contributed by atoms with Crippen LogP contribution in [-0.4, -0.2) is 28.6 Å². The van der Waals surface area contributed by atoms with E-state index < -0.39 is 0 Å². The van der Waals surface area contributed by atoms with E-state index in [0.717, 1.165) is 25.2 Å². The molecule has 19 heavy (non-hydrogen) atoms. The number of oxime groups is 1. The molecule has 5 nitrogen and oxygen atoms in total. The number of nitrogens with zero attached hydrogens (tertiary/aromatic N) is 3. The van der Waals surface area contributed by atoms with Gasteiger partial charge in [0.2, 0.25) is 0 Å². The van der Waals surface area contributed by atoms with Crippen molar-refractivity contribution in [3.05, 3.63) is 22.8 Å². The molecule has 104 valence electrons. The van der Waals surface area contributed by atoms with Gasteiger partial charge in [0.05, 0.1) is 5.02 Å². The molecule has 1 aliphatic rings. The molecule has 0 spiro atoms. The standard InChI is InChI=1S/C13H19ClN4O/c1-2-3-8-18(9-4-5-9)13-11(14)10(6-7-16-13)12(15)17-19/h6-7,9,19H,2-5,8H2,1H3,(H2,15,17). The van der Waals surface area contributed by atoms with Gasteiger partial charge in [-0.1, -0.05) is 30.1 Å². The first-order chi connectivity index (χ1) is 9.19. The lowest BCUT2D eigenvalue weighted by Gasteiger charge is -2.25. The van der Waals surface area contributed by atoms with Crippen molar-refractivity contribution in [2.24, 2.45) is 10.9 Å². The van der Waals surface area contributed by atoms with Gasteiger partial charge < -0.3 is 15.8 Å². The number of rotatable bonds is 6. The van der Waals surface area contributed by atoms with Gasteiger partial charge in [-0.3, -0.25) is 0 Å². The minimum absolute atomic E-state index is 0.0138. The first-order valence-electron chi connectivity index (χ1n) is 6.58. The molecule has 0 atom stereocenters. The number of hydrogen-bond donors (Lipinski definition) is 2. The van der Waals surface area contributed by atoms with Crippen LogP contribution in [0.1, 0.15) is 38.2 Å². The van der Waals surface area contributed by atoms with Gasteiger partial charge in [-0.05, 0) is 25.3 Å². The summed E-state index contributed by atoms with van der Waals surface area (Å²) in [6.07, 6.45) is 6.23.